The van der Waals surface area contributed by atoms with E-state index in [-0.39, 0.29) is 22.8 Å². The molecule has 0 saturated heterocycles. The van der Waals surface area contributed by atoms with E-state index >= 15 is 0 Å². The molecule has 1 aliphatic carbocycles. The third kappa shape index (κ3) is 1.90. The maximum Gasteiger partial charge on any atom is 0.419 e. The first-order valence-electron chi connectivity index (χ1n) is 5.77. The molecule has 1 fully saturated rings. The first-order chi connectivity index (χ1) is 8.21. The molecule has 0 unspecified atom stereocenters. The van der Waals surface area contributed by atoms with Gasteiger partial charge in [-0.3, -0.25) is 0 Å². The molecular formula is C13H15F4N. The van der Waals surface area contributed by atoms with E-state index in [9.17, 15) is 17.6 Å². The van der Waals surface area contributed by atoms with Gasteiger partial charge in [0.05, 0.1) is 5.56 Å². The Morgan fingerprint density at radius 2 is 1.89 bits per heavy atom. The van der Waals surface area contributed by atoms with Crippen molar-refractivity contribution in [3.05, 3.63) is 35.1 Å². The van der Waals surface area contributed by atoms with Crippen molar-refractivity contribution in [2.24, 2.45) is 17.1 Å². The Balaban J connectivity index is 2.43. The summed E-state index contributed by atoms with van der Waals surface area (Å²) in [4.78, 5) is 0. The Labute approximate surface area is 103 Å². The molecule has 2 N–H and O–H groups in total. The van der Waals surface area contributed by atoms with Crippen molar-refractivity contribution in [3.63, 3.8) is 0 Å². The van der Waals surface area contributed by atoms with Gasteiger partial charge in [0.25, 0.3) is 0 Å². The van der Waals surface area contributed by atoms with Gasteiger partial charge < -0.3 is 5.73 Å². The largest absolute Gasteiger partial charge is 0.419 e. The molecule has 100 valence electrons. The Hall–Kier alpha value is -1.10. The Bertz CT molecular complexity index is 465. The van der Waals surface area contributed by atoms with Crippen molar-refractivity contribution in [3.8, 4) is 0 Å². The molecule has 0 aliphatic heterocycles. The lowest BCUT2D eigenvalue weighted by Crippen LogP contribution is -2.10. The monoisotopic (exact) mass is 261 g/mol. The van der Waals surface area contributed by atoms with Crippen LogP contribution in [0, 0.1) is 17.2 Å². The van der Waals surface area contributed by atoms with Gasteiger partial charge in [-0.05, 0) is 35.4 Å². The fourth-order valence-corrected chi connectivity index (χ4v) is 2.81. The van der Waals surface area contributed by atoms with E-state index in [1.165, 1.54) is 12.1 Å². The lowest BCUT2D eigenvalue weighted by Gasteiger charge is -2.12. The summed E-state index contributed by atoms with van der Waals surface area (Å²) in [6.45, 7) is 4.15. The van der Waals surface area contributed by atoms with Crippen LogP contribution in [0.25, 0.3) is 0 Å². The van der Waals surface area contributed by atoms with Gasteiger partial charge >= 0.3 is 6.18 Å². The van der Waals surface area contributed by atoms with E-state index in [0.29, 0.717) is 6.54 Å². The number of benzene rings is 1. The molecule has 0 heterocycles. The van der Waals surface area contributed by atoms with Crippen molar-refractivity contribution in [2.75, 3.05) is 6.54 Å². The maximum atomic E-state index is 14.0. The van der Waals surface area contributed by atoms with Crippen LogP contribution in [0.3, 0.4) is 0 Å². The summed E-state index contributed by atoms with van der Waals surface area (Å²) in [5, 5.41) is 0. The van der Waals surface area contributed by atoms with Gasteiger partial charge in [0.1, 0.15) is 5.82 Å². The van der Waals surface area contributed by atoms with Crippen LogP contribution in [0.2, 0.25) is 0 Å². The summed E-state index contributed by atoms with van der Waals surface area (Å²) in [6, 6.07) is 3.45. The van der Waals surface area contributed by atoms with Gasteiger partial charge in [0.2, 0.25) is 0 Å². The van der Waals surface area contributed by atoms with Crippen molar-refractivity contribution >= 4 is 0 Å². The van der Waals surface area contributed by atoms with Crippen LogP contribution in [-0.4, -0.2) is 6.54 Å². The van der Waals surface area contributed by atoms with Gasteiger partial charge in [-0.2, -0.15) is 13.2 Å². The summed E-state index contributed by atoms with van der Waals surface area (Å²) >= 11 is 0. The highest BCUT2D eigenvalue weighted by Crippen LogP contribution is 2.64. The van der Waals surface area contributed by atoms with E-state index in [0.717, 1.165) is 6.07 Å². The van der Waals surface area contributed by atoms with Crippen LogP contribution in [0.15, 0.2) is 18.2 Å². The number of halogens is 4. The third-order valence-electron chi connectivity index (χ3n) is 3.97. The number of hydrogen-bond donors (Lipinski definition) is 1. The maximum absolute atomic E-state index is 14.0. The van der Waals surface area contributed by atoms with Crippen molar-refractivity contribution < 1.29 is 17.6 Å². The van der Waals surface area contributed by atoms with Gasteiger partial charge in [-0.1, -0.05) is 26.0 Å². The molecule has 0 aromatic heterocycles. The number of nitrogens with two attached hydrogens (primary N) is 1. The number of alkyl halides is 3. The predicted octanol–water partition coefficient (Wildman–Crippen LogP) is 3.54. The highest BCUT2D eigenvalue weighted by atomic mass is 19.4. The van der Waals surface area contributed by atoms with Gasteiger partial charge in [0, 0.05) is 0 Å². The van der Waals surface area contributed by atoms with Gasteiger partial charge in [-0.25, -0.2) is 4.39 Å². The molecule has 2 rings (SSSR count). The summed E-state index contributed by atoms with van der Waals surface area (Å²) in [5.41, 5.74) is 4.26. The molecule has 2 atom stereocenters. The zero-order valence-corrected chi connectivity index (χ0v) is 10.2. The van der Waals surface area contributed by atoms with Gasteiger partial charge in [0.15, 0.2) is 0 Å². The van der Waals surface area contributed by atoms with E-state index in [1.54, 1.807) is 0 Å². The standard InChI is InChI=1S/C13H15F4N/c1-12(2)9(6-18)10(12)7-4-3-5-8(11(7)14)13(15,16)17/h3-5,9-10H,6,18H2,1-2H3/t9-,10-/m0/s1. The normalized spacial score (nSPS) is 26.2. The van der Waals surface area contributed by atoms with Crippen molar-refractivity contribution in [1.29, 1.82) is 0 Å². The Morgan fingerprint density at radius 3 is 2.33 bits per heavy atom. The molecule has 1 nitrogen and oxygen atoms in total. The fraction of sp³-hybridized carbons (Fsp3) is 0.538. The van der Waals surface area contributed by atoms with Crippen LogP contribution in [-0.2, 0) is 6.18 Å². The smallest absolute Gasteiger partial charge is 0.330 e. The van der Waals surface area contributed by atoms with E-state index in [2.05, 4.69) is 0 Å². The van der Waals surface area contributed by atoms with Crippen LogP contribution < -0.4 is 5.73 Å². The quantitative estimate of drug-likeness (QED) is 0.809. The Morgan fingerprint density at radius 1 is 1.28 bits per heavy atom. The van der Waals surface area contributed by atoms with Crippen LogP contribution in [0.1, 0.15) is 30.9 Å². The minimum atomic E-state index is -4.66. The molecule has 0 bridgehead atoms. The number of hydrogen-bond acceptors (Lipinski definition) is 1. The molecule has 18 heavy (non-hydrogen) atoms. The van der Waals surface area contributed by atoms with Crippen LogP contribution >= 0.6 is 0 Å². The Kier molecular flexibility index (Phi) is 2.93. The second-order valence-electron chi connectivity index (χ2n) is 5.35. The van der Waals surface area contributed by atoms with Crippen molar-refractivity contribution in [1.82, 2.24) is 0 Å². The second kappa shape index (κ2) is 3.95. The molecule has 0 spiro atoms. The first-order valence-corrected chi connectivity index (χ1v) is 5.77. The average molecular weight is 261 g/mol. The zero-order chi connectivity index (χ0) is 13.7. The SMILES string of the molecule is CC1(C)[C@@H](CN)[C@@H]1c1cccc(C(F)(F)F)c1F. The summed E-state index contributed by atoms with van der Waals surface area (Å²) in [5.74, 6) is -1.35. The minimum Gasteiger partial charge on any atom is -0.330 e. The molecule has 5 heteroatoms. The molecule has 0 amide bonds. The molecule has 1 aromatic carbocycles. The molecule has 0 radical (unpaired) electrons. The highest BCUT2D eigenvalue weighted by Gasteiger charge is 2.58. The zero-order valence-electron chi connectivity index (χ0n) is 10.2. The minimum absolute atomic E-state index is 0.0375. The van der Waals surface area contributed by atoms with E-state index in [1.807, 2.05) is 13.8 Å². The third-order valence-corrected chi connectivity index (χ3v) is 3.97. The molecular weight excluding hydrogens is 246 g/mol. The average Bonchev–Trinajstić information content (AvgIpc) is 2.79. The first kappa shape index (κ1) is 13.3. The summed E-state index contributed by atoms with van der Waals surface area (Å²) in [7, 11) is 0. The van der Waals surface area contributed by atoms with Crippen molar-refractivity contribution in [2.45, 2.75) is 25.9 Å². The van der Waals surface area contributed by atoms with Gasteiger partial charge in [-0.15, -0.1) is 0 Å². The number of rotatable bonds is 2. The lowest BCUT2D eigenvalue weighted by molar-refractivity contribution is -0.140. The van der Waals surface area contributed by atoms with E-state index < -0.39 is 17.6 Å². The lowest BCUT2D eigenvalue weighted by atomic mass is 10.00. The second-order valence-corrected chi connectivity index (χ2v) is 5.35. The molecule has 1 aromatic rings. The topological polar surface area (TPSA) is 26.0 Å². The van der Waals surface area contributed by atoms with E-state index in [4.69, 9.17) is 5.73 Å². The van der Waals surface area contributed by atoms with Crippen LogP contribution in [0.4, 0.5) is 17.6 Å². The highest BCUT2D eigenvalue weighted by molar-refractivity contribution is 5.37. The van der Waals surface area contributed by atoms with Crippen LogP contribution in [0.5, 0.6) is 0 Å². The fourth-order valence-electron chi connectivity index (χ4n) is 2.81. The summed E-state index contributed by atoms with van der Waals surface area (Å²) in [6.07, 6.45) is -4.66. The summed E-state index contributed by atoms with van der Waals surface area (Å²) < 4.78 is 51.8. The molecule has 1 aliphatic rings. The molecule has 1 saturated carbocycles. The predicted molar refractivity (Wildman–Crippen MR) is 60.5 cm³/mol.